The molecular weight excluding hydrogens is 555 g/mol. The minimum Gasteiger partial charge on any atom is -0.494 e. The number of nitrogens with zero attached hydrogens (tertiary/aromatic N) is 4. The van der Waals surface area contributed by atoms with E-state index in [1.54, 1.807) is 37.5 Å². The van der Waals surface area contributed by atoms with Gasteiger partial charge in [0.25, 0.3) is 11.5 Å². The number of amides is 1. The normalized spacial score (nSPS) is 15.4. The third kappa shape index (κ3) is 6.44. The van der Waals surface area contributed by atoms with Gasteiger partial charge in [0.05, 0.1) is 31.1 Å². The zero-order valence-corrected chi connectivity index (χ0v) is 24.6. The summed E-state index contributed by atoms with van der Waals surface area (Å²) in [5, 5.41) is 6.46. The van der Waals surface area contributed by atoms with E-state index in [-0.39, 0.29) is 17.3 Å². The zero-order chi connectivity index (χ0) is 30.7. The third-order valence-corrected chi connectivity index (χ3v) is 7.39. The van der Waals surface area contributed by atoms with Crippen molar-refractivity contribution in [3.8, 4) is 23.0 Å². The SMILES string of the molecule is COc1cc2ncnc(Nc3cc(C)c(Oc4ccn(C)c(=O)c4)cc3OC)c2cc1NC(=O)/C(F)=C\C1CCCN1C. The minimum absolute atomic E-state index is 0.122. The number of nitrogens with one attached hydrogen (secondary N) is 2. The lowest BCUT2D eigenvalue weighted by molar-refractivity contribution is -0.114. The van der Waals surface area contributed by atoms with Gasteiger partial charge in [-0.3, -0.25) is 14.5 Å². The van der Waals surface area contributed by atoms with Crippen molar-refractivity contribution in [2.75, 3.05) is 38.4 Å². The summed E-state index contributed by atoms with van der Waals surface area (Å²) in [5.74, 6) is 0.391. The molecule has 2 N–H and O–H groups in total. The van der Waals surface area contributed by atoms with E-state index in [0.717, 1.165) is 24.9 Å². The molecule has 0 radical (unpaired) electrons. The molecule has 224 valence electrons. The average molecular weight is 589 g/mol. The predicted molar refractivity (Wildman–Crippen MR) is 162 cm³/mol. The van der Waals surface area contributed by atoms with Crippen LogP contribution in [0.15, 0.2) is 65.6 Å². The molecule has 11 nitrogen and oxygen atoms in total. The van der Waals surface area contributed by atoms with Crippen LogP contribution in [0, 0.1) is 6.92 Å². The largest absolute Gasteiger partial charge is 0.494 e. The van der Waals surface area contributed by atoms with Crippen molar-refractivity contribution in [3.63, 3.8) is 0 Å². The van der Waals surface area contributed by atoms with E-state index >= 15 is 0 Å². The number of hydrogen-bond donors (Lipinski definition) is 2. The fourth-order valence-corrected chi connectivity index (χ4v) is 4.92. The molecule has 0 bridgehead atoms. The van der Waals surface area contributed by atoms with Crippen LogP contribution in [-0.2, 0) is 11.8 Å². The number of halogens is 1. The van der Waals surface area contributed by atoms with E-state index in [4.69, 9.17) is 14.2 Å². The number of methoxy groups -OCH3 is 2. The number of benzene rings is 2. The molecule has 12 heteroatoms. The molecule has 1 saturated heterocycles. The highest BCUT2D eigenvalue weighted by Crippen LogP contribution is 2.38. The van der Waals surface area contributed by atoms with Crippen molar-refractivity contribution in [3.05, 3.63) is 76.7 Å². The number of fused-ring (bicyclic) bond motifs is 1. The molecule has 2 aromatic heterocycles. The Morgan fingerprint density at radius 3 is 2.51 bits per heavy atom. The second kappa shape index (κ2) is 12.5. The maximum Gasteiger partial charge on any atom is 0.284 e. The Morgan fingerprint density at radius 1 is 1.05 bits per heavy atom. The van der Waals surface area contributed by atoms with E-state index in [1.165, 1.54) is 37.3 Å². The van der Waals surface area contributed by atoms with Crippen molar-refractivity contribution >= 4 is 34.0 Å². The summed E-state index contributed by atoms with van der Waals surface area (Å²) in [5.41, 5.74) is 1.97. The number of carbonyl (C=O) groups excluding carboxylic acids is 1. The molecule has 4 aromatic rings. The quantitative estimate of drug-likeness (QED) is 0.258. The lowest BCUT2D eigenvalue weighted by atomic mass is 10.1. The van der Waals surface area contributed by atoms with Crippen molar-refractivity contribution in [1.82, 2.24) is 19.4 Å². The fraction of sp³-hybridized carbons (Fsp3) is 0.290. The molecule has 1 unspecified atom stereocenters. The van der Waals surface area contributed by atoms with Gasteiger partial charge in [-0.25, -0.2) is 14.4 Å². The van der Waals surface area contributed by atoms with Gasteiger partial charge in [0.15, 0.2) is 5.83 Å². The number of ether oxygens (including phenoxy) is 3. The van der Waals surface area contributed by atoms with Gasteiger partial charge in [-0.1, -0.05) is 0 Å². The van der Waals surface area contributed by atoms with Crippen LogP contribution in [0.1, 0.15) is 18.4 Å². The van der Waals surface area contributed by atoms with Gasteiger partial charge in [0, 0.05) is 42.9 Å². The van der Waals surface area contributed by atoms with Crippen molar-refractivity contribution in [1.29, 1.82) is 0 Å². The first-order valence-electron chi connectivity index (χ1n) is 13.7. The molecule has 0 aliphatic carbocycles. The third-order valence-electron chi connectivity index (χ3n) is 7.39. The number of anilines is 3. The van der Waals surface area contributed by atoms with Crippen LogP contribution in [0.4, 0.5) is 21.6 Å². The van der Waals surface area contributed by atoms with Crippen molar-refractivity contribution < 1.29 is 23.4 Å². The standard InChI is InChI=1S/C31H33FN6O5/c1-18-11-24(28(42-5)16-26(18)43-20-8-10-38(3)29(39)13-20)35-30-21-14-25(27(41-4)15-23(21)33-17-34-30)36-31(40)22(32)12-19-7-6-9-37(19)2/h8,10-17,19H,6-7,9H2,1-5H3,(H,36,40)(H,33,34,35)/b22-12+. The van der Waals surface area contributed by atoms with E-state index in [2.05, 4.69) is 20.6 Å². The monoisotopic (exact) mass is 588 g/mol. The molecule has 43 heavy (non-hydrogen) atoms. The van der Waals surface area contributed by atoms with Gasteiger partial charge in [-0.15, -0.1) is 0 Å². The van der Waals surface area contributed by atoms with Gasteiger partial charge in [-0.05, 0) is 63.2 Å². The molecule has 3 heterocycles. The highest BCUT2D eigenvalue weighted by molar-refractivity contribution is 6.05. The van der Waals surface area contributed by atoms with Crippen LogP contribution in [0.3, 0.4) is 0 Å². The molecule has 0 spiro atoms. The van der Waals surface area contributed by atoms with E-state index < -0.39 is 11.7 Å². The molecular formula is C31H33FN6O5. The number of rotatable bonds is 9. The molecule has 1 atom stereocenters. The van der Waals surface area contributed by atoms with Crippen LogP contribution in [0.5, 0.6) is 23.0 Å². The molecule has 1 fully saturated rings. The predicted octanol–water partition coefficient (Wildman–Crippen LogP) is 5.08. The summed E-state index contributed by atoms with van der Waals surface area (Å²) in [6.45, 7) is 2.72. The van der Waals surface area contributed by atoms with Gasteiger partial charge in [0.2, 0.25) is 0 Å². The molecule has 2 aromatic carbocycles. The average Bonchev–Trinajstić information content (AvgIpc) is 3.39. The zero-order valence-electron chi connectivity index (χ0n) is 24.6. The lowest BCUT2D eigenvalue weighted by Gasteiger charge is -2.17. The Bertz CT molecular complexity index is 1770. The van der Waals surface area contributed by atoms with Gasteiger partial charge >= 0.3 is 0 Å². The van der Waals surface area contributed by atoms with E-state index in [1.807, 2.05) is 24.9 Å². The Kier molecular flexibility index (Phi) is 8.58. The van der Waals surface area contributed by atoms with Crippen molar-refractivity contribution in [2.24, 2.45) is 7.05 Å². The highest BCUT2D eigenvalue weighted by atomic mass is 19.1. The summed E-state index contributed by atoms with van der Waals surface area (Å²) >= 11 is 0. The molecule has 1 aliphatic rings. The Balaban J connectivity index is 1.44. The summed E-state index contributed by atoms with van der Waals surface area (Å²) in [6, 6.07) is 9.81. The van der Waals surface area contributed by atoms with Gasteiger partial charge in [0.1, 0.15) is 35.1 Å². The van der Waals surface area contributed by atoms with Crippen LogP contribution in [-0.4, -0.2) is 59.2 Å². The highest BCUT2D eigenvalue weighted by Gasteiger charge is 2.22. The first-order valence-corrected chi connectivity index (χ1v) is 13.7. The van der Waals surface area contributed by atoms with Crippen LogP contribution < -0.4 is 30.4 Å². The maximum atomic E-state index is 14.9. The van der Waals surface area contributed by atoms with Crippen LogP contribution in [0.2, 0.25) is 0 Å². The number of likely N-dealkylation sites (tertiary alicyclic amines) is 1. The molecule has 1 amide bonds. The van der Waals surface area contributed by atoms with Crippen LogP contribution in [0.25, 0.3) is 10.9 Å². The van der Waals surface area contributed by atoms with Crippen molar-refractivity contribution in [2.45, 2.75) is 25.8 Å². The van der Waals surface area contributed by atoms with Crippen LogP contribution >= 0.6 is 0 Å². The Labute approximate surface area is 247 Å². The number of hydrogen-bond acceptors (Lipinski definition) is 9. The second-order valence-electron chi connectivity index (χ2n) is 10.3. The smallest absolute Gasteiger partial charge is 0.284 e. The molecule has 0 saturated carbocycles. The minimum atomic E-state index is -0.867. The maximum absolute atomic E-state index is 14.9. The molecule has 1 aliphatic heterocycles. The van der Waals surface area contributed by atoms with E-state index in [0.29, 0.717) is 45.4 Å². The Hall–Kier alpha value is -4.97. The number of aromatic nitrogens is 3. The summed E-state index contributed by atoms with van der Waals surface area (Å²) < 4.78 is 33.4. The topological polar surface area (TPSA) is 120 Å². The lowest BCUT2D eigenvalue weighted by Crippen LogP contribution is -2.24. The summed E-state index contributed by atoms with van der Waals surface area (Å²) in [7, 11) is 6.56. The number of pyridine rings is 1. The van der Waals surface area contributed by atoms with Gasteiger partial charge in [-0.2, -0.15) is 0 Å². The first kappa shape index (κ1) is 29.5. The number of carbonyl (C=O) groups is 1. The second-order valence-corrected chi connectivity index (χ2v) is 10.3. The number of likely N-dealkylation sites (N-methyl/N-ethyl adjacent to an activating group) is 1. The fourth-order valence-electron chi connectivity index (χ4n) is 4.92. The first-order chi connectivity index (χ1) is 20.7. The van der Waals surface area contributed by atoms with E-state index in [9.17, 15) is 14.0 Å². The van der Waals surface area contributed by atoms with Gasteiger partial charge < -0.3 is 29.4 Å². The number of aryl methyl sites for hydroxylation is 2. The Morgan fingerprint density at radius 2 is 1.81 bits per heavy atom. The molecule has 5 rings (SSSR count). The summed E-state index contributed by atoms with van der Waals surface area (Å²) in [6.07, 6.45) is 6.13. The summed E-state index contributed by atoms with van der Waals surface area (Å²) in [4.78, 5) is 35.6.